The molecule has 26 heteroatoms. The number of allylic oxidation sites excluding steroid dienone is 30. The first-order chi connectivity index (χ1) is 60.6. The number of aliphatic hydroxyl groups excluding tert-OH is 8. The van der Waals surface area contributed by atoms with Crippen molar-refractivity contribution in [1.82, 2.24) is 10.6 Å². The van der Waals surface area contributed by atoms with Gasteiger partial charge in [0, 0.05) is 13.8 Å². The number of aliphatic hydroxyl groups is 8. The molecule has 0 aliphatic carbocycles. The normalized spacial score (nSPS) is 25.9. The van der Waals surface area contributed by atoms with Crippen LogP contribution in [0.15, 0.2) is 175 Å². The lowest BCUT2D eigenvalue weighted by Gasteiger charge is -2.50. The van der Waals surface area contributed by atoms with Crippen LogP contribution in [0.1, 0.15) is 331 Å². The minimum Gasteiger partial charge on any atom is -0.756 e. The van der Waals surface area contributed by atoms with E-state index < -0.39 is 146 Å². The van der Waals surface area contributed by atoms with Crippen LogP contribution < -0.4 is 20.4 Å². The summed E-state index contributed by atoms with van der Waals surface area (Å²) in [4.78, 5) is 51.0. The number of phosphoric acid groups is 2. The van der Waals surface area contributed by atoms with E-state index in [2.05, 4.69) is 217 Å². The van der Waals surface area contributed by atoms with Gasteiger partial charge in [0.05, 0.1) is 26.4 Å². The number of rotatable bonds is 62. The van der Waals surface area contributed by atoms with Gasteiger partial charge in [0.2, 0.25) is 11.8 Å². The molecule has 3 saturated heterocycles. The van der Waals surface area contributed by atoms with Crippen molar-refractivity contribution >= 4 is 27.5 Å². The van der Waals surface area contributed by atoms with Crippen molar-refractivity contribution in [2.24, 2.45) is 5.92 Å². The fraction of sp³-hybridized carbons (Fsp3) is 0.686. The number of amides is 2. The van der Waals surface area contributed by atoms with Crippen molar-refractivity contribution < 1.29 is 106 Å². The van der Waals surface area contributed by atoms with Gasteiger partial charge < -0.3 is 89.5 Å². The first kappa shape index (κ1) is 117. The number of nitrogens with one attached hydrogen (secondary N) is 2. The predicted molar refractivity (Wildman–Crippen MR) is 510 cm³/mol. The highest BCUT2D eigenvalue weighted by atomic mass is 31.3. The lowest BCUT2D eigenvalue weighted by atomic mass is 9.94. The minimum atomic E-state index is -6.02. The lowest BCUT2D eigenvalue weighted by molar-refractivity contribution is -0.361. The maximum absolute atomic E-state index is 13.2. The highest BCUT2D eigenvalue weighted by Gasteiger charge is 2.55. The van der Waals surface area contributed by atoms with Gasteiger partial charge in [-0.25, -0.2) is 4.31 Å². The molecular formula is C102H168N2O22P2-2. The molecule has 18 atom stereocenters. The molecule has 3 aliphatic heterocycles. The summed E-state index contributed by atoms with van der Waals surface area (Å²) in [7, 11) is -11.7. The monoisotopic (exact) mass is 1840 g/mol. The molecule has 3 heterocycles. The summed E-state index contributed by atoms with van der Waals surface area (Å²) in [6, 6.07) is -3.62. The van der Waals surface area contributed by atoms with Crippen LogP contribution in [0.25, 0.3) is 0 Å². The molecule has 0 radical (unpaired) electrons. The zero-order valence-corrected chi connectivity index (χ0v) is 83.1. The van der Waals surface area contributed by atoms with Crippen molar-refractivity contribution in [2.45, 2.75) is 423 Å². The second kappa shape index (κ2) is 64.6. The van der Waals surface area contributed by atoms with Crippen molar-refractivity contribution in [1.29, 1.82) is 0 Å². The first-order valence-corrected chi connectivity index (χ1v) is 50.0. The van der Waals surface area contributed by atoms with Gasteiger partial charge in [-0.05, 0) is 316 Å². The van der Waals surface area contributed by atoms with Gasteiger partial charge in [-0.1, -0.05) is 182 Å². The van der Waals surface area contributed by atoms with E-state index in [1.54, 1.807) is 0 Å². The standard InChI is InChI=1S/C102H170N2O22P2/c1-70(2)35-20-36-71(3)37-21-38-72(4)39-22-40-73(5)41-23-42-74(6)43-24-44-75(7)45-25-46-76(8)47-26-48-77(9)49-27-50-78(10)51-28-52-79(11)53-29-54-80(12)55-30-56-81(13)57-31-58-82(14)59-32-60-83(15)61-33-62-84(16)63-34-64-85(17)65-66-119-127(115,116)126-128(117,118)125-101-92(104-87(19)109)95(112)98(90(69-107)122-101)123-100-91(103-86(18)108)94(111)99(89(68-106)121-100)124-102-97(114)96(113)93(110)88(67-105)120-102/h35,37,39,41,43,45,47,49,51,53,55,57,59,61,63,85,88-102,105-107,110-114H,20-34,36,38,40,42,44,46,48,50,52,54,56,58,60,62,64-69H2,1-19H3,(H,103,108)(H,104,109)(H,115,116)(H,117,118)/p-2/b71-37+,72-39+,73-41-,74-43-,75-45-,76-47-,77-49-,78-51-,79-53-,80-55-,81-57-,82-59-,83-61-,84-63-/t85?,88-,89-,90-,91-,92-,93-,94-,95-,96+,97+,98-,99-,100+,101-,102+/m1/s1. The molecule has 3 rings (SSSR count). The van der Waals surface area contributed by atoms with Crippen LogP contribution in [-0.4, -0.2) is 171 Å². The molecule has 0 saturated carbocycles. The van der Waals surface area contributed by atoms with Crippen LogP contribution in [-0.2, 0) is 55.8 Å². The fourth-order valence-electron chi connectivity index (χ4n) is 15.5. The predicted octanol–water partition coefficient (Wildman–Crippen LogP) is 19.7. The van der Waals surface area contributed by atoms with Crippen molar-refractivity contribution in [3.63, 3.8) is 0 Å². The number of hydrogen-bond acceptors (Lipinski definition) is 22. The van der Waals surface area contributed by atoms with Gasteiger partial charge in [-0.3, -0.25) is 23.2 Å². The summed E-state index contributed by atoms with van der Waals surface area (Å²) in [5.74, 6) is -1.74. The van der Waals surface area contributed by atoms with E-state index >= 15 is 0 Å². The Bertz CT molecular complexity index is 3890. The van der Waals surface area contributed by atoms with Crippen LogP contribution in [0, 0.1) is 5.92 Å². The zero-order valence-electron chi connectivity index (χ0n) is 81.3. The van der Waals surface area contributed by atoms with E-state index in [1.165, 1.54) is 90.0 Å². The highest BCUT2D eigenvalue weighted by Crippen LogP contribution is 2.57. The molecule has 10 N–H and O–H groups in total. The maximum atomic E-state index is 13.2. The Hall–Kier alpha value is -5.22. The van der Waals surface area contributed by atoms with Gasteiger partial charge in [0.1, 0.15) is 73.1 Å². The lowest BCUT2D eigenvalue weighted by Crippen LogP contribution is -2.70. The molecule has 3 aliphatic rings. The molecule has 2 amide bonds. The molecule has 3 unspecified atom stereocenters. The van der Waals surface area contributed by atoms with Gasteiger partial charge in [-0.15, -0.1) is 0 Å². The summed E-state index contributed by atoms with van der Waals surface area (Å²) >= 11 is 0. The van der Waals surface area contributed by atoms with E-state index in [9.17, 15) is 69.4 Å². The Morgan fingerprint density at radius 2 is 0.578 bits per heavy atom. The number of phosphoric ester groups is 2. The Balaban J connectivity index is 1.28. The Kier molecular flexibility index (Phi) is 59.1. The highest BCUT2D eigenvalue weighted by molar-refractivity contribution is 7.59. The summed E-state index contributed by atoms with van der Waals surface area (Å²) in [5, 5.41) is 89.5. The zero-order chi connectivity index (χ0) is 95.5. The van der Waals surface area contributed by atoms with Crippen molar-refractivity contribution in [3.8, 4) is 0 Å². The van der Waals surface area contributed by atoms with Crippen LogP contribution in [0.5, 0.6) is 0 Å². The minimum absolute atomic E-state index is 0.0469. The fourth-order valence-corrected chi connectivity index (χ4v) is 17.6. The maximum Gasteiger partial charge on any atom is 0.276 e. The Morgan fingerprint density at radius 1 is 0.328 bits per heavy atom. The molecule has 0 aromatic rings. The largest absolute Gasteiger partial charge is 0.756 e. The van der Waals surface area contributed by atoms with Crippen LogP contribution >= 0.6 is 15.6 Å². The van der Waals surface area contributed by atoms with E-state index in [0.29, 0.717) is 12.8 Å². The second-order valence-electron chi connectivity index (χ2n) is 36.7. The molecular weight excluding hydrogens is 1670 g/mol. The Morgan fingerprint density at radius 3 is 0.852 bits per heavy atom. The van der Waals surface area contributed by atoms with Gasteiger partial charge in [0.15, 0.2) is 18.9 Å². The summed E-state index contributed by atoms with van der Waals surface area (Å²) in [6.45, 7) is 36.5. The molecule has 128 heavy (non-hydrogen) atoms. The molecule has 0 aromatic carbocycles. The third kappa shape index (κ3) is 50.8. The van der Waals surface area contributed by atoms with Gasteiger partial charge in [0.25, 0.3) is 15.6 Å². The van der Waals surface area contributed by atoms with E-state index in [1.807, 2.05) is 6.92 Å². The summed E-state index contributed by atoms with van der Waals surface area (Å²) in [6.07, 6.45) is 44.1. The molecule has 0 aromatic heterocycles. The number of carbonyl (C=O) groups excluding carboxylic acids is 2. The van der Waals surface area contributed by atoms with Crippen LogP contribution in [0.4, 0.5) is 0 Å². The number of ether oxygens (including phenoxy) is 5. The molecule has 24 nitrogen and oxygen atoms in total. The third-order valence-corrected chi connectivity index (χ3v) is 26.4. The number of carbonyl (C=O) groups is 2. The Labute approximate surface area is 770 Å². The van der Waals surface area contributed by atoms with Crippen LogP contribution in [0.2, 0.25) is 0 Å². The smallest absolute Gasteiger partial charge is 0.276 e. The van der Waals surface area contributed by atoms with E-state index in [-0.39, 0.29) is 12.3 Å². The molecule has 730 valence electrons. The van der Waals surface area contributed by atoms with Crippen molar-refractivity contribution in [2.75, 3.05) is 26.4 Å². The number of hydrogen-bond donors (Lipinski definition) is 10. The van der Waals surface area contributed by atoms with Crippen molar-refractivity contribution in [3.05, 3.63) is 175 Å². The molecule has 3 fully saturated rings. The van der Waals surface area contributed by atoms with E-state index in [0.717, 1.165) is 187 Å². The SMILES string of the molecule is CC(=O)N[C@H]1[C@H](O[C@H]2[C@H](O)[C@@H](NC(C)=O)[C@@H](OP(=O)([O-])OP(=O)([O-])OCCC(C)CC/C=C(/C)CC/C=C(/C)CC/C=C(/C)CC/C=C(/C)CC/C=C(/C)CC/C=C(/C)CC/C=C(/C)CC/C=C(/C)CC/C=C(/C)CC/C=C(/C)CC/C=C(/C)CC/C=C(/C)CC/C=C(\C)CC/C=C(\C)CCC=C(C)C)O[C@@H]2CO)O[C@H](CO)[C@@H](O[C@@H]2O[C@H](CO)[C@@H](O)[C@H](O)[C@@H]2O)[C@@H]1O. The third-order valence-electron chi connectivity index (χ3n) is 23.8. The topological polar surface area (TPSA) is 374 Å². The summed E-state index contributed by atoms with van der Waals surface area (Å²) < 4.78 is 68.9. The van der Waals surface area contributed by atoms with Gasteiger partial charge in [-0.2, -0.15) is 0 Å². The quantitative estimate of drug-likeness (QED) is 0.0200. The summed E-state index contributed by atoms with van der Waals surface area (Å²) in [5.41, 5.74) is 21.8. The average Bonchev–Trinajstić information content (AvgIpc) is 0.765. The molecule has 0 bridgehead atoms. The van der Waals surface area contributed by atoms with Crippen LogP contribution in [0.3, 0.4) is 0 Å². The van der Waals surface area contributed by atoms with Gasteiger partial charge >= 0.3 is 0 Å². The first-order valence-electron chi connectivity index (χ1n) is 47.1. The average molecular weight is 1840 g/mol. The van der Waals surface area contributed by atoms with E-state index in [4.69, 9.17) is 32.7 Å². The molecule has 0 spiro atoms. The second-order valence-corrected chi connectivity index (χ2v) is 39.6.